The van der Waals surface area contributed by atoms with Gasteiger partial charge in [-0.1, -0.05) is 12.1 Å². The third kappa shape index (κ3) is 3.08. The highest BCUT2D eigenvalue weighted by atomic mass is 19.1. The lowest BCUT2D eigenvalue weighted by molar-refractivity contribution is -0.123. The van der Waals surface area contributed by atoms with Gasteiger partial charge in [0.25, 0.3) is 5.91 Å². The lowest BCUT2D eigenvalue weighted by Gasteiger charge is -2.38. The molecule has 2 fully saturated rings. The van der Waals surface area contributed by atoms with Gasteiger partial charge in [0, 0.05) is 24.0 Å². The topological polar surface area (TPSA) is 62.6 Å². The highest BCUT2D eigenvalue weighted by Gasteiger charge is 2.44. The molecule has 0 spiro atoms. The molecule has 1 N–H and O–H groups in total. The van der Waals surface area contributed by atoms with E-state index in [9.17, 15) is 14.0 Å². The lowest BCUT2D eigenvalue weighted by atomic mass is 9.97. The summed E-state index contributed by atoms with van der Waals surface area (Å²) in [5.74, 6) is -0.702. The van der Waals surface area contributed by atoms with Gasteiger partial charge in [-0.3, -0.25) is 9.59 Å². The van der Waals surface area contributed by atoms with Gasteiger partial charge in [0.2, 0.25) is 5.91 Å². The highest BCUT2D eigenvalue weighted by Crippen LogP contribution is 2.34. The maximum Gasteiger partial charge on any atom is 0.257 e. The molecule has 2 aromatic rings. The number of nitrogens with one attached hydrogen (secondary N) is 1. The Kier molecular flexibility index (Phi) is 4.21. The van der Waals surface area contributed by atoms with E-state index in [1.54, 1.807) is 0 Å². The Morgan fingerprint density at radius 2 is 2.08 bits per heavy atom. The van der Waals surface area contributed by atoms with Gasteiger partial charge in [-0.15, -0.1) is 0 Å². The normalized spacial score (nSPS) is 28.2. The fourth-order valence-corrected chi connectivity index (χ4v) is 3.80. The first-order valence-electron chi connectivity index (χ1n) is 9.17. The van der Waals surface area contributed by atoms with Crippen molar-refractivity contribution in [2.24, 2.45) is 5.92 Å². The van der Waals surface area contributed by atoms with E-state index in [2.05, 4.69) is 5.32 Å². The third-order valence-electron chi connectivity index (χ3n) is 5.49. The molecule has 0 bridgehead atoms. The van der Waals surface area contributed by atoms with E-state index in [4.69, 9.17) is 4.42 Å². The number of nitrogens with zero attached hydrogens (tertiary/aromatic N) is 1. The molecule has 2 heterocycles. The average molecular weight is 358 g/mol. The Labute approximate surface area is 151 Å². The lowest BCUT2D eigenvalue weighted by Crippen LogP contribution is -2.51. The second kappa shape index (κ2) is 6.41. The van der Waals surface area contributed by atoms with E-state index in [0.717, 1.165) is 10.9 Å². The first kappa shape index (κ1) is 17.1. The fourth-order valence-electron chi connectivity index (χ4n) is 3.80. The van der Waals surface area contributed by atoms with Crippen molar-refractivity contribution in [1.29, 1.82) is 0 Å². The summed E-state index contributed by atoms with van der Waals surface area (Å²) in [5.41, 5.74) is 2.38. The van der Waals surface area contributed by atoms with Crippen LogP contribution in [0.2, 0.25) is 0 Å². The molecule has 4 unspecified atom stereocenters. The van der Waals surface area contributed by atoms with Gasteiger partial charge in [0.1, 0.15) is 18.0 Å². The van der Waals surface area contributed by atoms with Crippen LogP contribution in [0.15, 0.2) is 28.9 Å². The summed E-state index contributed by atoms with van der Waals surface area (Å²) in [6.07, 6.45) is 2.25. The summed E-state index contributed by atoms with van der Waals surface area (Å²) >= 11 is 0. The molecule has 6 heteroatoms. The summed E-state index contributed by atoms with van der Waals surface area (Å²) in [4.78, 5) is 26.7. The number of benzene rings is 1. The smallest absolute Gasteiger partial charge is 0.257 e. The maximum absolute atomic E-state index is 13.0. The minimum Gasteiger partial charge on any atom is -0.463 e. The van der Waals surface area contributed by atoms with Crippen molar-refractivity contribution in [2.45, 2.75) is 51.4 Å². The highest BCUT2D eigenvalue weighted by molar-refractivity contribution is 6.06. The van der Waals surface area contributed by atoms with Crippen LogP contribution in [0.4, 0.5) is 4.39 Å². The Morgan fingerprint density at radius 1 is 1.31 bits per heavy atom. The molecule has 2 aliphatic rings. The van der Waals surface area contributed by atoms with Crippen LogP contribution in [0.3, 0.4) is 0 Å². The number of aryl methyl sites for hydroxylation is 1. The predicted octanol–water partition coefficient (Wildman–Crippen LogP) is 3.21. The molecule has 138 valence electrons. The minimum absolute atomic E-state index is 0.00177. The van der Waals surface area contributed by atoms with Gasteiger partial charge in [0.15, 0.2) is 0 Å². The summed E-state index contributed by atoms with van der Waals surface area (Å²) in [6.45, 7) is 4.53. The summed E-state index contributed by atoms with van der Waals surface area (Å²) < 4.78 is 18.6. The number of carbonyl (C=O) groups excluding carboxylic acids is 2. The van der Waals surface area contributed by atoms with Crippen LogP contribution in [0.5, 0.6) is 0 Å². The molecule has 26 heavy (non-hydrogen) atoms. The van der Waals surface area contributed by atoms with Crippen LogP contribution in [-0.4, -0.2) is 41.5 Å². The average Bonchev–Trinajstić information content (AvgIpc) is 3.19. The predicted molar refractivity (Wildman–Crippen MR) is 95.6 cm³/mol. The SMILES string of the molecule is Cc1ccc2c(C(=O)N3CCC(NC(=O)C4CC4F)CC3C)coc2c1. The third-order valence-corrected chi connectivity index (χ3v) is 5.49. The summed E-state index contributed by atoms with van der Waals surface area (Å²) in [7, 11) is 0. The maximum atomic E-state index is 13.0. The first-order valence-corrected chi connectivity index (χ1v) is 9.17. The van der Waals surface area contributed by atoms with Gasteiger partial charge in [-0.05, 0) is 44.7 Å². The molecule has 4 rings (SSSR count). The van der Waals surface area contributed by atoms with Crippen LogP contribution in [0.1, 0.15) is 42.1 Å². The van der Waals surface area contributed by atoms with Gasteiger partial charge < -0.3 is 14.6 Å². The fraction of sp³-hybridized carbons (Fsp3) is 0.500. The van der Waals surface area contributed by atoms with E-state index in [1.165, 1.54) is 6.26 Å². The number of furan rings is 1. The van der Waals surface area contributed by atoms with Crippen molar-refractivity contribution in [1.82, 2.24) is 10.2 Å². The van der Waals surface area contributed by atoms with Crippen LogP contribution < -0.4 is 5.32 Å². The number of amides is 2. The quantitative estimate of drug-likeness (QED) is 0.916. The van der Waals surface area contributed by atoms with Crippen molar-refractivity contribution >= 4 is 22.8 Å². The van der Waals surface area contributed by atoms with Gasteiger partial charge in [0.05, 0.1) is 11.5 Å². The molecule has 2 amide bonds. The molecular weight excluding hydrogens is 335 g/mol. The number of piperidine rings is 1. The van der Waals surface area contributed by atoms with Crippen molar-refractivity contribution in [2.75, 3.05) is 6.54 Å². The number of likely N-dealkylation sites (tertiary alicyclic amines) is 1. The zero-order valence-electron chi connectivity index (χ0n) is 15.0. The van der Waals surface area contributed by atoms with E-state index >= 15 is 0 Å². The monoisotopic (exact) mass is 358 g/mol. The second-order valence-corrected chi connectivity index (χ2v) is 7.58. The molecule has 1 aromatic carbocycles. The molecule has 5 nitrogen and oxygen atoms in total. The van der Waals surface area contributed by atoms with E-state index < -0.39 is 12.1 Å². The van der Waals surface area contributed by atoms with E-state index in [0.29, 0.717) is 37.0 Å². The number of rotatable bonds is 3. The Hall–Kier alpha value is -2.37. The van der Waals surface area contributed by atoms with Crippen molar-refractivity contribution < 1.29 is 18.4 Å². The second-order valence-electron chi connectivity index (χ2n) is 7.58. The minimum atomic E-state index is -0.980. The van der Waals surface area contributed by atoms with Crippen LogP contribution >= 0.6 is 0 Å². The first-order chi connectivity index (χ1) is 12.4. The molecule has 1 aromatic heterocycles. The van der Waals surface area contributed by atoms with Crippen molar-refractivity contribution in [3.8, 4) is 0 Å². The van der Waals surface area contributed by atoms with Crippen LogP contribution in [0, 0.1) is 12.8 Å². The van der Waals surface area contributed by atoms with Gasteiger partial charge >= 0.3 is 0 Å². The van der Waals surface area contributed by atoms with E-state index in [-0.39, 0.29) is 23.9 Å². The molecule has 1 saturated carbocycles. The Bertz CT molecular complexity index is 862. The largest absolute Gasteiger partial charge is 0.463 e. The van der Waals surface area contributed by atoms with Crippen LogP contribution in [-0.2, 0) is 4.79 Å². The Balaban J connectivity index is 1.43. The number of hydrogen-bond donors (Lipinski definition) is 1. The van der Waals surface area contributed by atoms with Crippen molar-refractivity contribution in [3.63, 3.8) is 0 Å². The summed E-state index contributed by atoms with van der Waals surface area (Å²) in [5, 5.41) is 3.76. The Morgan fingerprint density at radius 3 is 2.77 bits per heavy atom. The number of carbonyl (C=O) groups is 2. The molecular formula is C20H23FN2O3. The van der Waals surface area contributed by atoms with Crippen LogP contribution in [0.25, 0.3) is 11.0 Å². The van der Waals surface area contributed by atoms with Crippen molar-refractivity contribution in [3.05, 3.63) is 35.6 Å². The van der Waals surface area contributed by atoms with Gasteiger partial charge in [-0.25, -0.2) is 4.39 Å². The van der Waals surface area contributed by atoms with E-state index in [1.807, 2.05) is 36.9 Å². The summed E-state index contributed by atoms with van der Waals surface area (Å²) in [6, 6.07) is 5.81. The number of fused-ring (bicyclic) bond motifs is 1. The standard InChI is InChI=1S/C20H23FN2O3/c1-11-3-4-14-16(10-26-18(14)7-11)20(25)23-6-5-13(8-12(23)2)22-19(24)15-9-17(15)21/h3-4,7,10,12-13,15,17H,5-6,8-9H2,1-2H3,(H,22,24). The number of hydrogen-bond acceptors (Lipinski definition) is 3. The molecule has 1 aliphatic carbocycles. The molecule has 1 saturated heterocycles. The molecule has 4 atom stereocenters. The molecule has 0 radical (unpaired) electrons. The zero-order valence-corrected chi connectivity index (χ0v) is 15.0. The number of alkyl halides is 1. The molecule has 1 aliphatic heterocycles. The van der Waals surface area contributed by atoms with Gasteiger partial charge in [-0.2, -0.15) is 0 Å². The zero-order chi connectivity index (χ0) is 18.4. The number of halogens is 1.